The number of benzene rings is 1. The van der Waals surface area contributed by atoms with Crippen molar-refractivity contribution in [3.8, 4) is 5.69 Å². The van der Waals surface area contributed by atoms with E-state index in [2.05, 4.69) is 20.7 Å². The van der Waals surface area contributed by atoms with Gasteiger partial charge in [0.1, 0.15) is 5.82 Å². The molecule has 1 atom stereocenters. The molecule has 158 valence electrons. The van der Waals surface area contributed by atoms with Crippen molar-refractivity contribution >= 4 is 35.8 Å². The Morgan fingerprint density at radius 1 is 1.31 bits per heavy atom. The minimum Gasteiger partial charge on any atom is -0.357 e. The average molecular weight is 514 g/mol. The lowest BCUT2D eigenvalue weighted by atomic mass is 10.1. The molecular weight excluding hydrogens is 486 g/mol. The van der Waals surface area contributed by atoms with Gasteiger partial charge in [-0.3, -0.25) is 9.79 Å². The molecule has 2 aromatic rings. The highest BCUT2D eigenvalue weighted by Crippen LogP contribution is 2.10. The van der Waals surface area contributed by atoms with Crippen LogP contribution in [0.25, 0.3) is 5.69 Å². The van der Waals surface area contributed by atoms with Crippen molar-refractivity contribution in [2.75, 3.05) is 26.7 Å². The van der Waals surface area contributed by atoms with E-state index in [4.69, 9.17) is 0 Å². The molecular formula is C20H28FIN6O. The third kappa shape index (κ3) is 6.69. The molecule has 1 aromatic carbocycles. The van der Waals surface area contributed by atoms with E-state index in [-0.39, 0.29) is 41.7 Å². The van der Waals surface area contributed by atoms with Gasteiger partial charge in [0, 0.05) is 51.8 Å². The highest BCUT2D eigenvalue weighted by atomic mass is 127. The summed E-state index contributed by atoms with van der Waals surface area (Å²) in [4.78, 5) is 18.0. The van der Waals surface area contributed by atoms with Crippen LogP contribution >= 0.6 is 24.0 Å². The molecule has 29 heavy (non-hydrogen) atoms. The summed E-state index contributed by atoms with van der Waals surface area (Å²) in [7, 11) is 1.83. The van der Waals surface area contributed by atoms with Crippen LogP contribution < -0.4 is 10.6 Å². The van der Waals surface area contributed by atoms with E-state index in [1.165, 1.54) is 12.1 Å². The third-order valence-corrected chi connectivity index (χ3v) is 4.69. The van der Waals surface area contributed by atoms with Crippen LogP contribution in [-0.2, 0) is 11.2 Å². The van der Waals surface area contributed by atoms with Crippen LogP contribution in [0.3, 0.4) is 0 Å². The Kier molecular flexibility index (Phi) is 8.87. The van der Waals surface area contributed by atoms with E-state index >= 15 is 0 Å². The van der Waals surface area contributed by atoms with E-state index in [0.717, 1.165) is 30.3 Å². The van der Waals surface area contributed by atoms with E-state index in [9.17, 15) is 9.18 Å². The van der Waals surface area contributed by atoms with Crippen molar-refractivity contribution in [1.29, 1.82) is 0 Å². The first-order valence-corrected chi connectivity index (χ1v) is 9.64. The summed E-state index contributed by atoms with van der Waals surface area (Å²) in [6.07, 6.45) is 3.95. The maximum Gasteiger partial charge on any atom is 0.222 e. The number of guanidine groups is 1. The Morgan fingerprint density at radius 3 is 2.76 bits per heavy atom. The maximum absolute atomic E-state index is 13.0. The molecule has 1 aromatic heterocycles. The lowest BCUT2D eigenvalue weighted by Gasteiger charge is -2.31. The number of amides is 1. The van der Waals surface area contributed by atoms with Crippen molar-refractivity contribution in [2.24, 2.45) is 4.99 Å². The second-order valence-corrected chi connectivity index (χ2v) is 6.89. The first-order valence-electron chi connectivity index (χ1n) is 9.64. The molecule has 0 spiro atoms. The van der Waals surface area contributed by atoms with Crippen molar-refractivity contribution < 1.29 is 9.18 Å². The van der Waals surface area contributed by atoms with E-state index in [1.54, 1.807) is 21.7 Å². The Balaban J connectivity index is 0.00000300. The van der Waals surface area contributed by atoms with Gasteiger partial charge in [-0.1, -0.05) is 0 Å². The number of hydrogen-bond donors (Lipinski definition) is 2. The van der Waals surface area contributed by atoms with Crippen LogP contribution in [0, 0.1) is 5.82 Å². The highest BCUT2D eigenvalue weighted by Gasteiger charge is 2.23. The van der Waals surface area contributed by atoms with Gasteiger partial charge >= 0.3 is 0 Å². The number of likely N-dealkylation sites (N-methyl/N-ethyl adjacent to an activating group) is 1. The molecule has 7 nitrogen and oxygen atoms in total. The summed E-state index contributed by atoms with van der Waals surface area (Å²) in [6, 6.07) is 8.39. The molecule has 1 aliphatic rings. The molecule has 1 aliphatic heterocycles. The molecule has 1 unspecified atom stereocenters. The lowest BCUT2D eigenvalue weighted by molar-refractivity contribution is -0.132. The van der Waals surface area contributed by atoms with E-state index in [1.807, 2.05) is 26.2 Å². The number of aromatic nitrogens is 2. The lowest BCUT2D eigenvalue weighted by Crippen LogP contribution is -2.51. The summed E-state index contributed by atoms with van der Waals surface area (Å²) in [5, 5.41) is 11.2. The highest BCUT2D eigenvalue weighted by molar-refractivity contribution is 14.0. The van der Waals surface area contributed by atoms with Crippen LogP contribution in [0.4, 0.5) is 4.39 Å². The van der Waals surface area contributed by atoms with Crippen molar-refractivity contribution in [3.63, 3.8) is 0 Å². The van der Waals surface area contributed by atoms with Gasteiger partial charge in [-0.2, -0.15) is 5.10 Å². The van der Waals surface area contributed by atoms with Crippen LogP contribution in [0.2, 0.25) is 0 Å². The van der Waals surface area contributed by atoms with Gasteiger partial charge in [-0.15, -0.1) is 24.0 Å². The van der Waals surface area contributed by atoms with Gasteiger partial charge in [0.05, 0.1) is 11.4 Å². The number of carbonyl (C=O) groups excluding carboxylic acids is 1. The molecule has 1 fully saturated rings. The Bertz CT molecular complexity index is 823. The Labute approximate surface area is 187 Å². The minimum absolute atomic E-state index is 0. The summed E-state index contributed by atoms with van der Waals surface area (Å²) in [6.45, 7) is 4.08. The van der Waals surface area contributed by atoms with Crippen LogP contribution in [0.1, 0.15) is 25.5 Å². The van der Waals surface area contributed by atoms with E-state index < -0.39 is 0 Å². The molecule has 2 N–H and O–H groups in total. The number of hydrogen-bond acceptors (Lipinski definition) is 3. The zero-order valence-corrected chi connectivity index (χ0v) is 19.1. The monoisotopic (exact) mass is 514 g/mol. The van der Waals surface area contributed by atoms with Gasteiger partial charge in [0.2, 0.25) is 5.91 Å². The number of rotatable bonds is 6. The predicted molar refractivity (Wildman–Crippen MR) is 122 cm³/mol. The summed E-state index contributed by atoms with van der Waals surface area (Å²) in [5.41, 5.74) is 1.74. The van der Waals surface area contributed by atoms with Gasteiger partial charge in [-0.05, 0) is 43.7 Å². The fourth-order valence-corrected chi connectivity index (χ4v) is 3.16. The second kappa shape index (κ2) is 11.1. The molecule has 9 heteroatoms. The molecule has 0 radical (unpaired) electrons. The van der Waals surface area contributed by atoms with Crippen LogP contribution in [0.15, 0.2) is 41.5 Å². The SMILES string of the molecule is CCNC(=NCCc1ccn(-c2ccc(F)cc2)n1)NC1CCC(=O)N(C)C1.I. The average Bonchev–Trinajstić information content (AvgIpc) is 3.14. The number of likely N-dealkylation sites (tertiary alicyclic amines) is 1. The van der Waals surface area contributed by atoms with Gasteiger partial charge in [-0.25, -0.2) is 9.07 Å². The fourth-order valence-electron chi connectivity index (χ4n) is 3.16. The van der Waals surface area contributed by atoms with Crippen molar-refractivity contribution in [1.82, 2.24) is 25.3 Å². The molecule has 1 amide bonds. The van der Waals surface area contributed by atoms with Gasteiger partial charge in [0.25, 0.3) is 0 Å². The van der Waals surface area contributed by atoms with Crippen LogP contribution in [-0.4, -0.2) is 59.3 Å². The van der Waals surface area contributed by atoms with Crippen molar-refractivity contribution in [3.05, 3.63) is 48.0 Å². The maximum atomic E-state index is 13.0. The van der Waals surface area contributed by atoms with E-state index in [0.29, 0.717) is 25.9 Å². The number of carbonyl (C=O) groups is 1. The van der Waals surface area contributed by atoms with Gasteiger partial charge < -0.3 is 15.5 Å². The molecule has 0 bridgehead atoms. The largest absolute Gasteiger partial charge is 0.357 e. The number of nitrogens with one attached hydrogen (secondary N) is 2. The topological polar surface area (TPSA) is 74.5 Å². The summed E-state index contributed by atoms with van der Waals surface area (Å²) < 4.78 is 14.8. The minimum atomic E-state index is -0.262. The van der Waals surface area contributed by atoms with Crippen molar-refractivity contribution in [2.45, 2.75) is 32.2 Å². The zero-order valence-electron chi connectivity index (χ0n) is 16.8. The molecule has 0 saturated carbocycles. The van der Waals surface area contributed by atoms with Gasteiger partial charge in [0.15, 0.2) is 5.96 Å². The molecule has 0 aliphatic carbocycles. The Hall–Kier alpha value is -2.17. The Morgan fingerprint density at radius 2 is 2.07 bits per heavy atom. The quantitative estimate of drug-likeness (QED) is 0.353. The summed E-state index contributed by atoms with van der Waals surface area (Å²) >= 11 is 0. The van der Waals surface area contributed by atoms with Crippen LogP contribution in [0.5, 0.6) is 0 Å². The third-order valence-electron chi connectivity index (χ3n) is 4.69. The number of halogens is 2. The first kappa shape index (κ1) is 23.1. The normalized spacial score (nSPS) is 17.1. The number of piperidine rings is 1. The number of nitrogens with zero attached hydrogens (tertiary/aromatic N) is 4. The second-order valence-electron chi connectivity index (χ2n) is 6.89. The standard InChI is InChI=1S/C20H27FN6O.HI/c1-3-22-20(24-17-6-9-19(28)26(2)14-17)23-12-10-16-11-13-27(25-16)18-7-4-15(21)5-8-18;/h4-5,7-8,11,13,17H,3,6,9-10,12,14H2,1-2H3,(H2,22,23,24);1H. The molecule has 1 saturated heterocycles. The fraction of sp³-hybridized carbons (Fsp3) is 0.450. The molecule has 2 heterocycles. The predicted octanol–water partition coefficient (Wildman–Crippen LogP) is 2.35. The number of aliphatic imine (C=N–C) groups is 1. The smallest absolute Gasteiger partial charge is 0.222 e. The zero-order chi connectivity index (χ0) is 19.9. The molecule has 3 rings (SSSR count). The first-order chi connectivity index (χ1) is 13.5. The summed E-state index contributed by atoms with van der Waals surface area (Å²) in [5.74, 6) is 0.687.